The highest BCUT2D eigenvalue weighted by molar-refractivity contribution is 7.99. The Kier molecular flexibility index (Phi) is 5.62. The molecule has 0 radical (unpaired) electrons. The number of hydrogen-bond acceptors (Lipinski definition) is 6. The Balaban J connectivity index is 1.53. The summed E-state index contributed by atoms with van der Waals surface area (Å²) in [5.41, 5.74) is 4.20. The van der Waals surface area contributed by atoms with Gasteiger partial charge in [0.25, 0.3) is 5.91 Å². The normalized spacial score (nSPS) is 18.3. The number of esters is 1. The number of rotatable bonds is 4. The van der Waals surface area contributed by atoms with Gasteiger partial charge >= 0.3 is 5.97 Å². The van der Waals surface area contributed by atoms with Gasteiger partial charge in [0.1, 0.15) is 5.71 Å². The summed E-state index contributed by atoms with van der Waals surface area (Å²) in [4.78, 5) is 39.2. The molecule has 0 fully saturated rings. The van der Waals surface area contributed by atoms with E-state index in [1.54, 1.807) is 16.7 Å². The van der Waals surface area contributed by atoms with Crippen molar-refractivity contribution in [2.75, 3.05) is 17.3 Å². The van der Waals surface area contributed by atoms with Gasteiger partial charge in [-0.1, -0.05) is 42.5 Å². The number of thioether (sulfide) groups is 1. The van der Waals surface area contributed by atoms with Gasteiger partial charge in [0.2, 0.25) is 5.91 Å². The van der Waals surface area contributed by atoms with Gasteiger partial charge in [-0.15, -0.1) is 11.8 Å². The Labute approximate surface area is 172 Å². The molecule has 8 heteroatoms. The van der Waals surface area contributed by atoms with Crippen molar-refractivity contribution in [1.82, 2.24) is 5.43 Å². The summed E-state index contributed by atoms with van der Waals surface area (Å²) in [6, 6.07) is 17.3. The average molecular weight is 409 g/mol. The maximum absolute atomic E-state index is 13.1. The molecule has 0 bridgehead atoms. The van der Waals surface area contributed by atoms with Crippen LogP contribution in [0.15, 0.2) is 64.6 Å². The van der Waals surface area contributed by atoms with Crippen LogP contribution in [0.3, 0.4) is 0 Å². The van der Waals surface area contributed by atoms with Crippen molar-refractivity contribution in [3.8, 4) is 0 Å². The monoisotopic (exact) mass is 409 g/mol. The highest BCUT2D eigenvalue weighted by atomic mass is 32.2. The number of hydrogen-bond donors (Lipinski definition) is 1. The summed E-state index contributed by atoms with van der Waals surface area (Å²) in [6.07, 6.45) is 0.378. The summed E-state index contributed by atoms with van der Waals surface area (Å²) in [5, 5.41) is 3.71. The molecular formula is C21H19N3O4S. The van der Waals surface area contributed by atoms with Crippen molar-refractivity contribution >= 4 is 40.9 Å². The number of nitrogens with zero attached hydrogens (tertiary/aromatic N) is 2. The van der Waals surface area contributed by atoms with Gasteiger partial charge in [0, 0.05) is 23.5 Å². The van der Waals surface area contributed by atoms with E-state index in [0.29, 0.717) is 5.75 Å². The SMILES string of the molecule is O=C1CCC(C(=O)OCC(=O)N2c3ccccc3SC[C@H]2c2ccccc2)=NN1. The van der Waals surface area contributed by atoms with E-state index in [4.69, 9.17) is 4.74 Å². The highest BCUT2D eigenvalue weighted by Gasteiger charge is 2.33. The second-order valence-corrected chi connectivity index (χ2v) is 7.70. The van der Waals surface area contributed by atoms with Crippen LogP contribution in [0.2, 0.25) is 0 Å². The standard InChI is InChI=1S/C21H19N3O4S/c25-19-11-10-15(22-23-19)21(27)28-12-20(26)24-16-8-4-5-9-18(16)29-13-17(24)14-6-2-1-3-7-14/h1-9,17H,10-13H2,(H,23,25)/t17-/m0/s1. The van der Waals surface area contributed by atoms with Gasteiger partial charge in [-0.3, -0.25) is 14.5 Å². The molecule has 0 saturated heterocycles. The largest absolute Gasteiger partial charge is 0.451 e. The van der Waals surface area contributed by atoms with Crippen molar-refractivity contribution in [2.24, 2.45) is 5.10 Å². The Morgan fingerprint density at radius 3 is 2.62 bits per heavy atom. The molecule has 1 atom stereocenters. The molecule has 29 heavy (non-hydrogen) atoms. The molecule has 4 rings (SSSR count). The van der Waals surface area contributed by atoms with Crippen molar-refractivity contribution in [3.63, 3.8) is 0 Å². The van der Waals surface area contributed by atoms with E-state index >= 15 is 0 Å². The number of anilines is 1. The third-order valence-electron chi connectivity index (χ3n) is 4.75. The van der Waals surface area contributed by atoms with Crippen molar-refractivity contribution < 1.29 is 19.1 Å². The fraction of sp³-hybridized carbons (Fsp3) is 0.238. The van der Waals surface area contributed by atoms with Gasteiger partial charge in [0.15, 0.2) is 6.61 Å². The molecule has 0 aromatic heterocycles. The number of carbonyl (C=O) groups excluding carboxylic acids is 3. The Morgan fingerprint density at radius 2 is 1.86 bits per heavy atom. The van der Waals surface area contributed by atoms with Gasteiger partial charge in [-0.05, 0) is 17.7 Å². The number of benzene rings is 2. The van der Waals surface area contributed by atoms with E-state index in [1.165, 1.54) is 0 Å². The Bertz CT molecular complexity index is 977. The zero-order valence-electron chi connectivity index (χ0n) is 15.5. The molecule has 2 aliphatic heterocycles. The minimum atomic E-state index is -0.686. The summed E-state index contributed by atoms with van der Waals surface area (Å²) >= 11 is 1.70. The number of para-hydroxylation sites is 1. The maximum atomic E-state index is 13.1. The lowest BCUT2D eigenvalue weighted by Gasteiger charge is -2.37. The molecule has 2 aromatic carbocycles. The summed E-state index contributed by atoms with van der Waals surface area (Å²) < 4.78 is 5.21. The fourth-order valence-electron chi connectivity index (χ4n) is 3.32. The molecular weight excluding hydrogens is 390 g/mol. The van der Waals surface area contributed by atoms with Crippen LogP contribution < -0.4 is 10.3 Å². The smallest absolute Gasteiger partial charge is 0.355 e. The van der Waals surface area contributed by atoms with Crippen LogP contribution >= 0.6 is 11.8 Å². The maximum Gasteiger partial charge on any atom is 0.355 e. The molecule has 2 aromatic rings. The van der Waals surface area contributed by atoms with Gasteiger partial charge in [0.05, 0.1) is 11.7 Å². The van der Waals surface area contributed by atoms with Crippen molar-refractivity contribution in [2.45, 2.75) is 23.8 Å². The number of amides is 2. The fourth-order valence-corrected chi connectivity index (χ4v) is 4.49. The average Bonchev–Trinajstić information content (AvgIpc) is 2.77. The van der Waals surface area contributed by atoms with Crippen LogP contribution in [-0.2, 0) is 19.1 Å². The molecule has 148 valence electrons. The first kappa shape index (κ1) is 19.2. The number of carbonyl (C=O) groups is 3. The van der Waals surface area contributed by atoms with E-state index in [-0.39, 0.29) is 36.4 Å². The third-order valence-corrected chi connectivity index (χ3v) is 5.89. The molecule has 7 nitrogen and oxygen atoms in total. The lowest BCUT2D eigenvalue weighted by molar-refractivity contribution is -0.141. The number of hydrazone groups is 1. The minimum Gasteiger partial charge on any atom is -0.451 e. The first-order valence-corrected chi connectivity index (χ1v) is 10.2. The van der Waals surface area contributed by atoms with Crippen LogP contribution in [0.25, 0.3) is 0 Å². The summed E-state index contributed by atoms with van der Waals surface area (Å²) in [5.74, 6) is -0.528. The zero-order valence-corrected chi connectivity index (χ0v) is 16.4. The quantitative estimate of drug-likeness (QED) is 0.785. The Morgan fingerprint density at radius 1 is 1.10 bits per heavy atom. The second kappa shape index (κ2) is 8.48. The van der Waals surface area contributed by atoms with Crippen LogP contribution in [0.4, 0.5) is 5.69 Å². The van der Waals surface area contributed by atoms with E-state index in [2.05, 4.69) is 10.5 Å². The summed E-state index contributed by atoms with van der Waals surface area (Å²) in [6.45, 7) is -0.395. The zero-order chi connectivity index (χ0) is 20.2. The number of fused-ring (bicyclic) bond motifs is 1. The van der Waals surface area contributed by atoms with Crippen molar-refractivity contribution in [3.05, 3.63) is 60.2 Å². The van der Waals surface area contributed by atoms with Gasteiger partial charge in [-0.25, -0.2) is 10.2 Å². The van der Waals surface area contributed by atoms with Crippen LogP contribution in [0, 0.1) is 0 Å². The van der Waals surface area contributed by atoms with Gasteiger partial charge in [-0.2, -0.15) is 5.10 Å². The summed E-state index contributed by atoms with van der Waals surface area (Å²) in [7, 11) is 0. The molecule has 2 aliphatic rings. The second-order valence-electron chi connectivity index (χ2n) is 6.64. The van der Waals surface area contributed by atoms with E-state index in [0.717, 1.165) is 16.1 Å². The lowest BCUT2D eigenvalue weighted by Crippen LogP contribution is -2.41. The van der Waals surface area contributed by atoms with E-state index < -0.39 is 12.6 Å². The molecule has 1 N–H and O–H groups in total. The van der Waals surface area contributed by atoms with Crippen molar-refractivity contribution in [1.29, 1.82) is 0 Å². The highest BCUT2D eigenvalue weighted by Crippen LogP contribution is 2.43. The number of nitrogens with one attached hydrogen (secondary N) is 1. The predicted molar refractivity (Wildman–Crippen MR) is 110 cm³/mol. The molecule has 2 amide bonds. The van der Waals surface area contributed by atoms with E-state index in [9.17, 15) is 14.4 Å². The first-order valence-electron chi connectivity index (χ1n) is 9.25. The predicted octanol–water partition coefficient (Wildman–Crippen LogP) is 2.68. The molecule has 2 heterocycles. The molecule has 0 spiro atoms. The lowest BCUT2D eigenvalue weighted by atomic mass is 10.1. The molecule has 0 saturated carbocycles. The van der Waals surface area contributed by atoms with E-state index in [1.807, 2.05) is 54.6 Å². The van der Waals surface area contributed by atoms with Crippen LogP contribution in [-0.4, -0.2) is 35.9 Å². The minimum absolute atomic E-state index is 0.117. The molecule has 0 aliphatic carbocycles. The number of ether oxygens (including phenoxy) is 1. The third kappa shape index (κ3) is 4.17. The topological polar surface area (TPSA) is 88.1 Å². The molecule has 0 unspecified atom stereocenters. The van der Waals surface area contributed by atoms with Crippen LogP contribution in [0.1, 0.15) is 24.4 Å². The van der Waals surface area contributed by atoms with Gasteiger partial charge < -0.3 is 4.74 Å². The Hall–Kier alpha value is -3.13. The van der Waals surface area contributed by atoms with Crippen LogP contribution in [0.5, 0.6) is 0 Å². The first-order chi connectivity index (χ1) is 14.1.